The molecule has 0 saturated heterocycles. The van der Waals surface area contributed by atoms with Crippen LogP contribution < -0.4 is 0 Å². The number of hydrogen-bond donors (Lipinski definition) is 0. The number of carbonyl (C=O) groups is 3. The number of ether oxygens (including phenoxy) is 3. The molecule has 0 rings (SSSR count). The van der Waals surface area contributed by atoms with Crippen molar-refractivity contribution < 1.29 is 28.6 Å². The Morgan fingerprint density at radius 1 is 0.323 bits per heavy atom. The van der Waals surface area contributed by atoms with Crippen molar-refractivity contribution in [3.05, 3.63) is 72.9 Å². The molecule has 1 unspecified atom stereocenters. The molecular formula is C59H102O6. The SMILES string of the molecule is CC/C=C\C/C=C\C/C=C\C/C=C\CCC(=O)OC(COC(=O)CCCCCCCCCCC)COC(=O)CCCCCCCCCCCCCCC/C=C\C/C=C\CCCCCCC. The summed E-state index contributed by atoms with van der Waals surface area (Å²) in [5.74, 6) is -0.984. The predicted octanol–water partition coefficient (Wildman–Crippen LogP) is 18.2. The van der Waals surface area contributed by atoms with Crippen molar-refractivity contribution in [1.29, 1.82) is 0 Å². The standard InChI is InChI=1S/C59H102O6/c1-4-7-10-13-16-19-21-23-24-25-26-27-28-29-30-31-32-33-34-36-37-40-43-46-49-52-58(61)64-55-56(54-63-57(60)51-48-45-42-39-18-15-12-9-6-3)65-59(62)53-50-47-44-41-38-35-22-20-17-14-11-8-5-2/h8,11,17,20-21,23,25-26,35,38,44,47,56H,4-7,9-10,12-16,18-19,22,24,27-34,36-37,39-43,45-46,48-55H2,1-3H3/b11-8-,20-17-,23-21-,26-25-,38-35-,47-44-. The van der Waals surface area contributed by atoms with Crippen LogP contribution in [0.4, 0.5) is 0 Å². The smallest absolute Gasteiger partial charge is 0.306 e. The van der Waals surface area contributed by atoms with Crippen molar-refractivity contribution in [2.45, 2.75) is 271 Å². The van der Waals surface area contributed by atoms with Crippen LogP contribution in [0.1, 0.15) is 265 Å². The van der Waals surface area contributed by atoms with E-state index < -0.39 is 6.10 Å². The summed E-state index contributed by atoms with van der Waals surface area (Å²) in [4.78, 5) is 37.9. The fourth-order valence-electron chi connectivity index (χ4n) is 7.60. The Bertz CT molecular complexity index is 1230. The minimum atomic E-state index is -0.810. The molecule has 1 atom stereocenters. The Hall–Kier alpha value is -3.15. The largest absolute Gasteiger partial charge is 0.462 e. The quantitative estimate of drug-likeness (QED) is 0.0262. The average Bonchev–Trinajstić information content (AvgIpc) is 3.30. The van der Waals surface area contributed by atoms with E-state index in [1.54, 1.807) is 0 Å². The molecule has 6 heteroatoms. The van der Waals surface area contributed by atoms with E-state index in [0.717, 1.165) is 70.6 Å². The number of carbonyl (C=O) groups excluding carboxylic acids is 3. The minimum absolute atomic E-state index is 0.102. The highest BCUT2D eigenvalue weighted by Gasteiger charge is 2.19. The van der Waals surface area contributed by atoms with Crippen LogP contribution in [0.25, 0.3) is 0 Å². The summed E-state index contributed by atoms with van der Waals surface area (Å²) in [6, 6.07) is 0. The fraction of sp³-hybridized carbons (Fsp3) is 0.746. The zero-order valence-electron chi connectivity index (χ0n) is 42.7. The van der Waals surface area contributed by atoms with Gasteiger partial charge in [0.05, 0.1) is 0 Å². The summed E-state index contributed by atoms with van der Waals surface area (Å²) in [6.45, 7) is 6.44. The molecule has 65 heavy (non-hydrogen) atoms. The van der Waals surface area contributed by atoms with E-state index in [1.807, 2.05) is 12.2 Å². The molecule has 0 aliphatic carbocycles. The van der Waals surface area contributed by atoms with Gasteiger partial charge in [-0.05, 0) is 77.0 Å². The molecule has 0 amide bonds. The number of unbranched alkanes of at least 4 members (excludes halogenated alkanes) is 26. The monoisotopic (exact) mass is 907 g/mol. The van der Waals surface area contributed by atoms with Crippen LogP contribution >= 0.6 is 0 Å². The zero-order chi connectivity index (χ0) is 47.2. The lowest BCUT2D eigenvalue weighted by Gasteiger charge is -2.18. The maximum Gasteiger partial charge on any atom is 0.306 e. The predicted molar refractivity (Wildman–Crippen MR) is 279 cm³/mol. The highest BCUT2D eigenvalue weighted by atomic mass is 16.6. The number of rotatable bonds is 49. The molecule has 0 heterocycles. The van der Waals surface area contributed by atoms with Gasteiger partial charge in [0.15, 0.2) is 6.10 Å². The molecule has 0 radical (unpaired) electrons. The van der Waals surface area contributed by atoms with Gasteiger partial charge in [0, 0.05) is 19.3 Å². The lowest BCUT2D eigenvalue weighted by atomic mass is 10.0. The van der Waals surface area contributed by atoms with E-state index >= 15 is 0 Å². The lowest BCUT2D eigenvalue weighted by molar-refractivity contribution is -0.166. The summed E-state index contributed by atoms with van der Waals surface area (Å²) < 4.78 is 16.7. The molecular weight excluding hydrogens is 805 g/mol. The van der Waals surface area contributed by atoms with Gasteiger partial charge in [0.25, 0.3) is 0 Å². The summed E-state index contributed by atoms with van der Waals surface area (Å²) in [5.41, 5.74) is 0. The molecule has 0 N–H and O–H groups in total. The molecule has 6 nitrogen and oxygen atoms in total. The summed E-state index contributed by atoms with van der Waals surface area (Å²) in [6.07, 6.45) is 67.8. The normalized spacial score (nSPS) is 12.6. The van der Waals surface area contributed by atoms with Crippen LogP contribution in [-0.2, 0) is 28.6 Å². The van der Waals surface area contributed by atoms with E-state index in [9.17, 15) is 14.4 Å². The molecule has 0 aromatic carbocycles. The molecule has 0 aromatic rings. The average molecular weight is 907 g/mol. The molecule has 0 aliphatic rings. The minimum Gasteiger partial charge on any atom is -0.462 e. The summed E-state index contributed by atoms with van der Waals surface area (Å²) >= 11 is 0. The fourth-order valence-corrected chi connectivity index (χ4v) is 7.60. The Kier molecular flexibility index (Phi) is 50.9. The van der Waals surface area contributed by atoms with Gasteiger partial charge >= 0.3 is 17.9 Å². The Morgan fingerprint density at radius 3 is 1.00 bits per heavy atom. The molecule has 0 spiro atoms. The molecule has 0 bridgehead atoms. The summed E-state index contributed by atoms with van der Waals surface area (Å²) in [7, 11) is 0. The Labute approximate surface area is 402 Å². The second kappa shape index (κ2) is 53.5. The van der Waals surface area contributed by atoms with Gasteiger partial charge in [-0.2, -0.15) is 0 Å². The second-order valence-electron chi connectivity index (χ2n) is 18.1. The topological polar surface area (TPSA) is 78.9 Å². The number of esters is 3. The van der Waals surface area contributed by atoms with E-state index in [2.05, 4.69) is 81.5 Å². The van der Waals surface area contributed by atoms with Crippen molar-refractivity contribution >= 4 is 17.9 Å². The van der Waals surface area contributed by atoms with Crippen LogP contribution in [0.5, 0.6) is 0 Å². The Balaban J connectivity index is 4.23. The second-order valence-corrected chi connectivity index (χ2v) is 18.1. The van der Waals surface area contributed by atoms with E-state index in [1.165, 1.54) is 148 Å². The number of allylic oxidation sites excluding steroid dienone is 12. The van der Waals surface area contributed by atoms with E-state index in [-0.39, 0.29) is 37.5 Å². The van der Waals surface area contributed by atoms with Crippen molar-refractivity contribution in [2.24, 2.45) is 0 Å². The first-order valence-corrected chi connectivity index (χ1v) is 27.4. The lowest BCUT2D eigenvalue weighted by Crippen LogP contribution is -2.30. The third kappa shape index (κ3) is 51.7. The maximum atomic E-state index is 12.7. The van der Waals surface area contributed by atoms with Gasteiger partial charge in [-0.3, -0.25) is 14.4 Å². The number of hydrogen-bond acceptors (Lipinski definition) is 6. The first kappa shape index (κ1) is 61.9. The van der Waals surface area contributed by atoms with Crippen LogP contribution in [-0.4, -0.2) is 37.2 Å². The maximum absolute atomic E-state index is 12.7. The van der Waals surface area contributed by atoms with Gasteiger partial charge in [0.1, 0.15) is 13.2 Å². The van der Waals surface area contributed by atoms with Gasteiger partial charge < -0.3 is 14.2 Å². The highest BCUT2D eigenvalue weighted by molar-refractivity contribution is 5.71. The van der Waals surface area contributed by atoms with Crippen LogP contribution in [0.2, 0.25) is 0 Å². The summed E-state index contributed by atoms with van der Waals surface area (Å²) in [5, 5.41) is 0. The Morgan fingerprint density at radius 2 is 0.631 bits per heavy atom. The van der Waals surface area contributed by atoms with Crippen molar-refractivity contribution in [1.82, 2.24) is 0 Å². The third-order valence-corrected chi connectivity index (χ3v) is 11.7. The molecule has 0 fully saturated rings. The molecule has 0 aromatic heterocycles. The van der Waals surface area contributed by atoms with Crippen molar-refractivity contribution in [2.75, 3.05) is 13.2 Å². The zero-order valence-corrected chi connectivity index (χ0v) is 42.7. The molecule has 374 valence electrons. The molecule has 0 saturated carbocycles. The van der Waals surface area contributed by atoms with E-state index in [0.29, 0.717) is 19.3 Å². The first-order chi connectivity index (χ1) is 32.0. The van der Waals surface area contributed by atoms with Gasteiger partial charge in [-0.15, -0.1) is 0 Å². The van der Waals surface area contributed by atoms with Crippen LogP contribution in [0, 0.1) is 0 Å². The van der Waals surface area contributed by atoms with Gasteiger partial charge in [-0.1, -0.05) is 241 Å². The highest BCUT2D eigenvalue weighted by Crippen LogP contribution is 2.15. The van der Waals surface area contributed by atoms with Gasteiger partial charge in [-0.25, -0.2) is 0 Å². The van der Waals surface area contributed by atoms with E-state index in [4.69, 9.17) is 14.2 Å². The van der Waals surface area contributed by atoms with Crippen LogP contribution in [0.3, 0.4) is 0 Å². The third-order valence-electron chi connectivity index (χ3n) is 11.7. The molecule has 0 aliphatic heterocycles. The van der Waals surface area contributed by atoms with Crippen molar-refractivity contribution in [3.8, 4) is 0 Å². The van der Waals surface area contributed by atoms with Gasteiger partial charge in [0.2, 0.25) is 0 Å². The first-order valence-electron chi connectivity index (χ1n) is 27.4. The van der Waals surface area contributed by atoms with Crippen molar-refractivity contribution in [3.63, 3.8) is 0 Å². The van der Waals surface area contributed by atoms with Crippen LogP contribution in [0.15, 0.2) is 72.9 Å².